The highest BCUT2D eigenvalue weighted by Crippen LogP contribution is 2.19. The number of halogens is 1. The minimum atomic E-state index is -0.790. The maximum Gasteiger partial charge on any atom is 0.359 e. The average Bonchev–Trinajstić information content (AvgIpc) is 2.83. The largest absolute Gasteiger partial charge is 0.497 e. The summed E-state index contributed by atoms with van der Waals surface area (Å²) in [6, 6.07) is 14.2. The van der Waals surface area contributed by atoms with Crippen LogP contribution in [0.4, 0.5) is 16.0 Å². The Morgan fingerprint density at radius 3 is 2.56 bits per heavy atom. The lowest BCUT2D eigenvalue weighted by Gasteiger charge is -2.16. The minimum absolute atomic E-state index is 0.0140. The molecule has 0 aliphatic rings. The quantitative estimate of drug-likeness (QED) is 0.472. The first-order valence-electron chi connectivity index (χ1n) is 10.1. The van der Waals surface area contributed by atoms with Gasteiger partial charge in [-0.05, 0) is 60.5 Å². The summed E-state index contributed by atoms with van der Waals surface area (Å²) in [5.41, 5.74) is 0.448. The number of nitrogens with one attached hydrogen (secondary N) is 1. The van der Waals surface area contributed by atoms with Crippen molar-refractivity contribution in [1.82, 2.24) is 19.1 Å². The highest BCUT2D eigenvalue weighted by molar-refractivity contribution is 5.55. The van der Waals surface area contributed by atoms with E-state index in [0.717, 1.165) is 16.2 Å². The van der Waals surface area contributed by atoms with Crippen LogP contribution in [0.25, 0.3) is 5.69 Å². The molecule has 2 heterocycles. The van der Waals surface area contributed by atoms with Gasteiger partial charge in [0.05, 0.1) is 31.1 Å². The van der Waals surface area contributed by atoms with Gasteiger partial charge in [0.15, 0.2) is 0 Å². The molecule has 0 fully saturated rings. The lowest BCUT2D eigenvalue weighted by molar-refractivity contribution is 0.415. The van der Waals surface area contributed by atoms with Gasteiger partial charge in [0, 0.05) is 11.9 Å². The van der Waals surface area contributed by atoms with Gasteiger partial charge in [0.2, 0.25) is 5.95 Å². The summed E-state index contributed by atoms with van der Waals surface area (Å²) < 4.78 is 21.1. The number of ether oxygens (including phenoxy) is 1. The fourth-order valence-corrected chi connectivity index (χ4v) is 3.36. The van der Waals surface area contributed by atoms with Gasteiger partial charge in [0.25, 0.3) is 0 Å². The maximum absolute atomic E-state index is 13.8. The Balaban J connectivity index is 1.87. The summed E-state index contributed by atoms with van der Waals surface area (Å²) in [5, 5.41) is 12.1. The lowest BCUT2D eigenvalue weighted by atomic mass is 10.1. The normalized spacial score (nSPS) is 10.5. The predicted octanol–water partition coefficient (Wildman–Crippen LogP) is 2.91. The SMILES string of the molecule is COc1ccc(Nc2nc(=O)n(-c3cncc(C)c3)c(=O)n2Cc2ccc(F)c(C#N)c2)cc1. The summed E-state index contributed by atoms with van der Waals surface area (Å²) in [6.07, 6.45) is 2.99. The van der Waals surface area contributed by atoms with Crippen LogP contribution >= 0.6 is 0 Å². The zero-order valence-electron chi connectivity index (χ0n) is 18.3. The summed E-state index contributed by atoms with van der Waals surface area (Å²) in [4.78, 5) is 34.5. The molecule has 0 atom stereocenters. The topological polar surface area (TPSA) is 115 Å². The molecule has 10 heteroatoms. The summed E-state index contributed by atoms with van der Waals surface area (Å²) in [7, 11) is 1.54. The van der Waals surface area contributed by atoms with Gasteiger partial charge in [-0.1, -0.05) is 6.07 Å². The van der Waals surface area contributed by atoms with E-state index in [-0.39, 0.29) is 23.7 Å². The molecule has 34 heavy (non-hydrogen) atoms. The van der Waals surface area contributed by atoms with Crippen molar-refractivity contribution in [2.75, 3.05) is 12.4 Å². The number of hydrogen-bond donors (Lipinski definition) is 1. The monoisotopic (exact) mass is 458 g/mol. The number of anilines is 2. The average molecular weight is 458 g/mol. The third kappa shape index (κ3) is 4.54. The van der Waals surface area contributed by atoms with Crippen molar-refractivity contribution in [3.63, 3.8) is 0 Å². The number of methoxy groups -OCH3 is 1. The number of pyridine rings is 1. The van der Waals surface area contributed by atoms with E-state index in [1.165, 1.54) is 22.9 Å². The number of nitrogens with zero attached hydrogens (tertiary/aromatic N) is 5. The number of aryl methyl sites for hydroxylation is 1. The van der Waals surface area contributed by atoms with Crippen LogP contribution in [0.15, 0.2) is 70.5 Å². The molecule has 2 aromatic carbocycles. The molecule has 1 N–H and O–H groups in total. The van der Waals surface area contributed by atoms with E-state index in [4.69, 9.17) is 10.00 Å². The number of benzene rings is 2. The van der Waals surface area contributed by atoms with Crippen molar-refractivity contribution in [3.8, 4) is 17.5 Å². The number of rotatable bonds is 6. The lowest BCUT2D eigenvalue weighted by Crippen LogP contribution is -2.41. The van der Waals surface area contributed by atoms with Crippen molar-refractivity contribution in [3.05, 3.63) is 104 Å². The van der Waals surface area contributed by atoms with Crippen LogP contribution in [-0.2, 0) is 6.54 Å². The van der Waals surface area contributed by atoms with Gasteiger partial charge < -0.3 is 10.1 Å². The second kappa shape index (κ2) is 9.38. The Labute approximate surface area is 193 Å². The van der Waals surface area contributed by atoms with Crippen LogP contribution in [0.1, 0.15) is 16.7 Å². The van der Waals surface area contributed by atoms with Gasteiger partial charge in [-0.2, -0.15) is 10.2 Å². The van der Waals surface area contributed by atoms with Crippen molar-refractivity contribution < 1.29 is 9.13 Å². The number of nitriles is 1. The van der Waals surface area contributed by atoms with Crippen molar-refractivity contribution in [2.45, 2.75) is 13.5 Å². The van der Waals surface area contributed by atoms with Crippen LogP contribution < -0.4 is 21.4 Å². The molecule has 0 radical (unpaired) electrons. The van der Waals surface area contributed by atoms with E-state index < -0.39 is 17.2 Å². The highest BCUT2D eigenvalue weighted by atomic mass is 19.1. The van der Waals surface area contributed by atoms with Crippen LogP contribution in [0.2, 0.25) is 0 Å². The highest BCUT2D eigenvalue weighted by Gasteiger charge is 2.16. The second-order valence-corrected chi connectivity index (χ2v) is 7.42. The van der Waals surface area contributed by atoms with Gasteiger partial charge in [-0.3, -0.25) is 9.55 Å². The number of aromatic nitrogens is 4. The Morgan fingerprint density at radius 1 is 1.12 bits per heavy atom. The molecule has 0 saturated carbocycles. The fourth-order valence-electron chi connectivity index (χ4n) is 3.36. The molecule has 0 aliphatic heterocycles. The van der Waals surface area contributed by atoms with E-state index in [1.54, 1.807) is 56.6 Å². The summed E-state index contributed by atoms with van der Waals surface area (Å²) >= 11 is 0. The zero-order chi connectivity index (χ0) is 24.2. The van der Waals surface area contributed by atoms with Crippen molar-refractivity contribution in [2.24, 2.45) is 0 Å². The Bertz CT molecular complexity index is 1520. The standard InChI is InChI=1S/C24H19FN6O3/c1-15-9-19(13-27-12-15)31-23(32)29-22(28-18-4-6-20(34-2)7-5-18)30(24(31)33)14-16-3-8-21(25)17(10-16)11-26/h3-10,12-13H,14H2,1-2H3,(H,28,29,32). The minimum Gasteiger partial charge on any atom is -0.497 e. The first-order valence-corrected chi connectivity index (χ1v) is 10.1. The molecule has 0 saturated heterocycles. The molecule has 4 rings (SSSR count). The summed E-state index contributed by atoms with van der Waals surface area (Å²) in [6.45, 7) is 1.72. The molecule has 0 spiro atoms. The molecular weight excluding hydrogens is 439 g/mol. The van der Waals surface area contributed by atoms with E-state index >= 15 is 0 Å². The predicted molar refractivity (Wildman–Crippen MR) is 123 cm³/mol. The Hall–Kier alpha value is -4.78. The van der Waals surface area contributed by atoms with Crippen LogP contribution in [0, 0.1) is 24.1 Å². The fraction of sp³-hybridized carbons (Fsp3) is 0.125. The zero-order valence-corrected chi connectivity index (χ0v) is 18.3. The van der Waals surface area contributed by atoms with E-state index in [1.807, 2.05) is 0 Å². The third-order valence-electron chi connectivity index (χ3n) is 5.03. The van der Waals surface area contributed by atoms with Gasteiger partial charge in [0.1, 0.15) is 17.6 Å². The number of hydrogen-bond acceptors (Lipinski definition) is 7. The molecule has 0 aliphatic carbocycles. The van der Waals surface area contributed by atoms with E-state index in [2.05, 4.69) is 15.3 Å². The maximum atomic E-state index is 13.8. The van der Waals surface area contributed by atoms with Crippen LogP contribution in [-0.4, -0.2) is 26.2 Å². The molecular formula is C24H19FN6O3. The third-order valence-corrected chi connectivity index (χ3v) is 5.03. The van der Waals surface area contributed by atoms with Gasteiger partial charge in [-0.25, -0.2) is 18.5 Å². The van der Waals surface area contributed by atoms with Crippen molar-refractivity contribution >= 4 is 11.6 Å². The van der Waals surface area contributed by atoms with Crippen LogP contribution in [0.5, 0.6) is 5.75 Å². The van der Waals surface area contributed by atoms with Gasteiger partial charge in [-0.15, -0.1) is 0 Å². The summed E-state index contributed by atoms with van der Waals surface area (Å²) in [5.74, 6) is -0.0439. The van der Waals surface area contributed by atoms with E-state index in [9.17, 15) is 14.0 Å². The molecule has 0 bridgehead atoms. The first-order chi connectivity index (χ1) is 16.4. The van der Waals surface area contributed by atoms with Crippen LogP contribution in [0.3, 0.4) is 0 Å². The molecule has 4 aromatic rings. The molecule has 0 unspecified atom stereocenters. The smallest absolute Gasteiger partial charge is 0.359 e. The molecule has 9 nitrogen and oxygen atoms in total. The molecule has 0 amide bonds. The first kappa shape index (κ1) is 22.4. The Morgan fingerprint density at radius 2 is 1.88 bits per heavy atom. The Kier molecular flexibility index (Phi) is 6.18. The molecule has 2 aromatic heterocycles. The molecule has 170 valence electrons. The van der Waals surface area contributed by atoms with Crippen molar-refractivity contribution in [1.29, 1.82) is 5.26 Å². The van der Waals surface area contributed by atoms with Gasteiger partial charge >= 0.3 is 11.4 Å². The van der Waals surface area contributed by atoms with E-state index in [0.29, 0.717) is 17.0 Å². The second-order valence-electron chi connectivity index (χ2n) is 7.42.